The summed E-state index contributed by atoms with van der Waals surface area (Å²) < 4.78 is 0. The fraction of sp³-hybridized carbons (Fsp3) is 0.727. The van der Waals surface area contributed by atoms with Gasteiger partial charge in [0, 0.05) is 0 Å². The SMILES string of the molecule is CC1(C)C(c2cccc(C(=O)O)c2)=CC[C@@]2(C)C1CC[C@@]1(C)C3CC[C@@]4(C)CCCC4[C@H]3CCC12. The molecular formula is C33H46O2. The Kier molecular flexibility index (Phi) is 5.25. The van der Waals surface area contributed by atoms with Crippen LogP contribution in [0.2, 0.25) is 0 Å². The molecule has 4 unspecified atom stereocenters. The minimum absolute atomic E-state index is 0.0545. The second kappa shape index (κ2) is 7.72. The van der Waals surface area contributed by atoms with Crippen LogP contribution < -0.4 is 0 Å². The zero-order valence-electron chi connectivity index (χ0n) is 22.7. The van der Waals surface area contributed by atoms with Gasteiger partial charge in [0.2, 0.25) is 0 Å². The zero-order valence-corrected chi connectivity index (χ0v) is 22.7. The summed E-state index contributed by atoms with van der Waals surface area (Å²) in [6, 6.07) is 7.66. The number of carboxylic acids is 1. The van der Waals surface area contributed by atoms with Crippen molar-refractivity contribution < 1.29 is 9.90 Å². The molecule has 6 rings (SSSR count). The summed E-state index contributed by atoms with van der Waals surface area (Å²) in [5, 5.41) is 9.57. The van der Waals surface area contributed by atoms with E-state index in [0.717, 1.165) is 35.7 Å². The maximum atomic E-state index is 11.7. The first-order chi connectivity index (χ1) is 16.5. The predicted molar refractivity (Wildman–Crippen MR) is 143 cm³/mol. The number of aromatic carboxylic acids is 1. The van der Waals surface area contributed by atoms with E-state index in [0.29, 0.717) is 27.7 Å². The third kappa shape index (κ3) is 3.23. The van der Waals surface area contributed by atoms with Crippen LogP contribution in [-0.4, -0.2) is 11.1 Å². The van der Waals surface area contributed by atoms with Gasteiger partial charge in [-0.05, 0) is 132 Å². The molecule has 5 aliphatic carbocycles. The maximum absolute atomic E-state index is 11.7. The number of rotatable bonds is 2. The van der Waals surface area contributed by atoms with Crippen molar-refractivity contribution in [3.8, 4) is 0 Å². The number of hydrogen-bond donors (Lipinski definition) is 1. The molecule has 35 heavy (non-hydrogen) atoms. The van der Waals surface area contributed by atoms with Crippen LogP contribution in [-0.2, 0) is 0 Å². The second-order valence-electron chi connectivity index (χ2n) is 14.6. The Labute approximate surface area is 213 Å². The lowest BCUT2D eigenvalue weighted by Crippen LogP contribution is -2.60. The molecule has 1 N–H and O–H groups in total. The molecule has 1 aromatic rings. The van der Waals surface area contributed by atoms with Crippen LogP contribution in [0.5, 0.6) is 0 Å². The van der Waals surface area contributed by atoms with E-state index in [-0.39, 0.29) is 5.41 Å². The van der Waals surface area contributed by atoms with Gasteiger partial charge < -0.3 is 5.11 Å². The molecular weight excluding hydrogens is 428 g/mol. The molecule has 0 aliphatic heterocycles. The molecule has 0 bridgehead atoms. The van der Waals surface area contributed by atoms with E-state index >= 15 is 0 Å². The van der Waals surface area contributed by atoms with E-state index in [1.165, 1.54) is 63.4 Å². The van der Waals surface area contributed by atoms with Crippen LogP contribution in [0.4, 0.5) is 0 Å². The zero-order chi connectivity index (χ0) is 24.8. The molecule has 2 heteroatoms. The number of fused-ring (bicyclic) bond motifs is 7. The molecule has 0 heterocycles. The fourth-order valence-corrected chi connectivity index (χ4v) is 11.5. The summed E-state index contributed by atoms with van der Waals surface area (Å²) in [4.78, 5) is 11.7. The average Bonchev–Trinajstić information content (AvgIpc) is 3.20. The molecule has 5 aliphatic rings. The third-order valence-corrected chi connectivity index (χ3v) is 12.9. The van der Waals surface area contributed by atoms with Crippen LogP contribution in [0.15, 0.2) is 30.3 Å². The van der Waals surface area contributed by atoms with Gasteiger partial charge in [0.25, 0.3) is 0 Å². The van der Waals surface area contributed by atoms with Crippen LogP contribution in [0.25, 0.3) is 5.57 Å². The maximum Gasteiger partial charge on any atom is 0.335 e. The number of allylic oxidation sites excluding steroid dienone is 2. The Morgan fingerprint density at radius 2 is 1.66 bits per heavy atom. The highest BCUT2D eigenvalue weighted by Crippen LogP contribution is 2.73. The highest BCUT2D eigenvalue weighted by atomic mass is 16.4. The molecule has 0 aromatic heterocycles. The monoisotopic (exact) mass is 474 g/mol. The lowest BCUT2D eigenvalue weighted by Gasteiger charge is -2.68. The van der Waals surface area contributed by atoms with E-state index < -0.39 is 5.97 Å². The summed E-state index contributed by atoms with van der Waals surface area (Å²) in [6.45, 7) is 12.9. The third-order valence-electron chi connectivity index (χ3n) is 12.9. The highest BCUT2D eigenvalue weighted by molar-refractivity contribution is 5.89. The topological polar surface area (TPSA) is 37.3 Å². The molecule has 0 saturated heterocycles. The van der Waals surface area contributed by atoms with Crippen molar-refractivity contribution in [2.75, 3.05) is 0 Å². The molecule has 0 spiro atoms. The summed E-state index contributed by atoms with van der Waals surface area (Å²) in [5.74, 6) is 3.51. The quantitative estimate of drug-likeness (QED) is 0.465. The summed E-state index contributed by atoms with van der Waals surface area (Å²) in [5.41, 5.74) is 4.41. The Morgan fingerprint density at radius 3 is 2.43 bits per heavy atom. The van der Waals surface area contributed by atoms with Crippen molar-refractivity contribution in [2.24, 2.45) is 51.2 Å². The minimum Gasteiger partial charge on any atom is -0.478 e. The van der Waals surface area contributed by atoms with Gasteiger partial charge in [0.15, 0.2) is 0 Å². The average molecular weight is 475 g/mol. The number of carbonyl (C=O) groups is 1. The van der Waals surface area contributed by atoms with Crippen molar-refractivity contribution in [1.82, 2.24) is 0 Å². The second-order valence-corrected chi connectivity index (χ2v) is 14.6. The lowest BCUT2D eigenvalue weighted by atomic mass is 9.36. The Bertz CT molecular complexity index is 1070. The van der Waals surface area contributed by atoms with Gasteiger partial charge >= 0.3 is 5.97 Å². The summed E-state index contributed by atoms with van der Waals surface area (Å²) >= 11 is 0. The van der Waals surface area contributed by atoms with Crippen LogP contribution >= 0.6 is 0 Å². The molecule has 0 amide bonds. The Hall–Kier alpha value is -1.57. The molecule has 0 radical (unpaired) electrons. The molecule has 4 fully saturated rings. The first-order valence-corrected chi connectivity index (χ1v) is 14.6. The van der Waals surface area contributed by atoms with E-state index in [4.69, 9.17) is 0 Å². The van der Waals surface area contributed by atoms with Crippen molar-refractivity contribution in [1.29, 1.82) is 0 Å². The van der Waals surface area contributed by atoms with Crippen molar-refractivity contribution in [2.45, 2.75) is 98.8 Å². The molecule has 1 aromatic carbocycles. The van der Waals surface area contributed by atoms with Gasteiger partial charge in [-0.15, -0.1) is 0 Å². The van der Waals surface area contributed by atoms with Crippen LogP contribution in [0.3, 0.4) is 0 Å². The minimum atomic E-state index is -0.832. The van der Waals surface area contributed by atoms with E-state index in [9.17, 15) is 9.90 Å². The Morgan fingerprint density at radius 1 is 0.857 bits per heavy atom. The van der Waals surface area contributed by atoms with Gasteiger partial charge in [-0.2, -0.15) is 0 Å². The number of hydrogen-bond acceptors (Lipinski definition) is 1. The van der Waals surface area contributed by atoms with Crippen molar-refractivity contribution >= 4 is 11.5 Å². The van der Waals surface area contributed by atoms with Crippen molar-refractivity contribution in [3.63, 3.8) is 0 Å². The molecule has 2 nitrogen and oxygen atoms in total. The standard InChI is InChI=1S/C33H46O2/c1-30(2)24(21-8-6-9-22(20-21)29(34)35)14-18-33(5)27(30)15-19-32(4)26-13-17-31(3)16-7-10-25(31)23(26)11-12-28(32)33/h6,8-9,14,20,23,25-28H,7,10-13,15-19H2,1-5H3,(H,34,35)/t23-,25?,26?,27?,28?,31-,32+,33+/m1/s1. The van der Waals surface area contributed by atoms with E-state index in [1.807, 2.05) is 12.1 Å². The number of carboxylic acid groups (broad SMARTS) is 1. The summed E-state index contributed by atoms with van der Waals surface area (Å²) in [6.07, 6.45) is 16.6. The van der Waals surface area contributed by atoms with Gasteiger partial charge in [-0.25, -0.2) is 4.79 Å². The predicted octanol–water partition coefficient (Wildman–Crippen LogP) is 8.86. The van der Waals surface area contributed by atoms with E-state index in [1.54, 1.807) is 6.07 Å². The van der Waals surface area contributed by atoms with Crippen LogP contribution in [0, 0.1) is 51.2 Å². The summed E-state index contributed by atoms with van der Waals surface area (Å²) in [7, 11) is 0. The smallest absolute Gasteiger partial charge is 0.335 e. The van der Waals surface area contributed by atoms with E-state index in [2.05, 4.69) is 46.8 Å². The Balaban J connectivity index is 1.34. The molecule has 8 atom stereocenters. The number of benzene rings is 1. The van der Waals surface area contributed by atoms with Gasteiger partial charge in [0.1, 0.15) is 0 Å². The fourth-order valence-electron chi connectivity index (χ4n) is 11.5. The normalized spacial score (nSPS) is 46.0. The lowest BCUT2D eigenvalue weighted by molar-refractivity contribution is -0.176. The highest BCUT2D eigenvalue weighted by Gasteiger charge is 2.64. The van der Waals surface area contributed by atoms with Crippen LogP contribution in [0.1, 0.15) is 115 Å². The van der Waals surface area contributed by atoms with Crippen molar-refractivity contribution in [3.05, 3.63) is 41.5 Å². The molecule has 4 saturated carbocycles. The van der Waals surface area contributed by atoms with Gasteiger partial charge in [-0.1, -0.05) is 59.2 Å². The molecule has 190 valence electrons. The van der Waals surface area contributed by atoms with Gasteiger partial charge in [-0.3, -0.25) is 0 Å². The largest absolute Gasteiger partial charge is 0.478 e. The first-order valence-electron chi connectivity index (χ1n) is 14.6. The first kappa shape index (κ1) is 23.8. The van der Waals surface area contributed by atoms with Gasteiger partial charge in [0.05, 0.1) is 5.56 Å².